The Hall–Kier alpha value is -2.43. The van der Waals surface area contributed by atoms with Gasteiger partial charge in [0.15, 0.2) is 0 Å². The highest BCUT2D eigenvalue weighted by Gasteiger charge is 2.11. The normalized spacial score (nSPS) is 10.3. The molecule has 5 heteroatoms. The monoisotopic (exact) mass is 247 g/mol. The molecule has 18 heavy (non-hydrogen) atoms. The van der Waals surface area contributed by atoms with Crippen molar-refractivity contribution in [1.82, 2.24) is 5.32 Å². The summed E-state index contributed by atoms with van der Waals surface area (Å²) in [4.78, 5) is 11.8. The maximum atomic E-state index is 11.8. The van der Waals surface area contributed by atoms with E-state index in [1.54, 1.807) is 12.1 Å². The molecule has 0 atom stereocenters. The van der Waals surface area contributed by atoms with Crippen LogP contribution in [0.5, 0.6) is 11.5 Å². The fraction of sp³-hybridized carbons (Fsp3) is 0.154. The molecule has 0 radical (unpaired) electrons. The zero-order valence-corrected chi connectivity index (χ0v) is 9.80. The van der Waals surface area contributed by atoms with Gasteiger partial charge in [0.25, 0.3) is 5.91 Å². The largest absolute Gasteiger partial charge is 0.508 e. The molecule has 3 N–H and O–H groups in total. The first kappa shape index (κ1) is 12.0. The van der Waals surface area contributed by atoms with Gasteiger partial charge in [-0.1, -0.05) is 0 Å². The van der Waals surface area contributed by atoms with E-state index in [1.807, 2.05) is 6.92 Å². The number of nitrogens with one attached hydrogen (secondary N) is 1. The summed E-state index contributed by atoms with van der Waals surface area (Å²) in [7, 11) is 0. The number of phenolic OH excluding ortho intramolecular Hbond substituents is 2. The van der Waals surface area contributed by atoms with Gasteiger partial charge in [0, 0.05) is 6.07 Å². The van der Waals surface area contributed by atoms with Crippen LogP contribution < -0.4 is 5.32 Å². The summed E-state index contributed by atoms with van der Waals surface area (Å²) in [6.07, 6.45) is 0. The van der Waals surface area contributed by atoms with Crippen LogP contribution in [0.25, 0.3) is 0 Å². The van der Waals surface area contributed by atoms with Gasteiger partial charge in [0.1, 0.15) is 23.0 Å². The van der Waals surface area contributed by atoms with Gasteiger partial charge in [-0.2, -0.15) is 0 Å². The molecule has 2 rings (SSSR count). The van der Waals surface area contributed by atoms with Crippen molar-refractivity contribution >= 4 is 5.91 Å². The minimum atomic E-state index is -0.429. The van der Waals surface area contributed by atoms with Crippen molar-refractivity contribution in [2.75, 3.05) is 0 Å². The maximum absolute atomic E-state index is 11.8. The van der Waals surface area contributed by atoms with E-state index in [2.05, 4.69) is 5.32 Å². The van der Waals surface area contributed by atoms with Crippen LogP contribution in [0.4, 0.5) is 0 Å². The lowest BCUT2D eigenvalue weighted by atomic mass is 10.2. The third-order valence-electron chi connectivity index (χ3n) is 2.45. The zero-order chi connectivity index (χ0) is 13.1. The molecule has 1 aromatic heterocycles. The zero-order valence-electron chi connectivity index (χ0n) is 9.80. The van der Waals surface area contributed by atoms with Crippen LogP contribution in [-0.4, -0.2) is 16.1 Å². The smallest absolute Gasteiger partial charge is 0.255 e. The average Bonchev–Trinajstić information content (AvgIpc) is 2.72. The van der Waals surface area contributed by atoms with Gasteiger partial charge in [-0.3, -0.25) is 4.79 Å². The van der Waals surface area contributed by atoms with E-state index in [0.29, 0.717) is 5.76 Å². The number of aromatic hydroxyl groups is 2. The standard InChI is InChI=1S/C13H13NO4/c1-8-2-4-10(18-8)7-14-13(17)11-5-3-9(15)6-12(11)16/h2-6,15-16H,7H2,1H3,(H,14,17). The third-order valence-corrected chi connectivity index (χ3v) is 2.45. The van der Waals surface area contributed by atoms with Crippen molar-refractivity contribution in [3.63, 3.8) is 0 Å². The summed E-state index contributed by atoms with van der Waals surface area (Å²) in [5.41, 5.74) is 0.107. The van der Waals surface area contributed by atoms with Gasteiger partial charge >= 0.3 is 0 Å². The predicted octanol–water partition coefficient (Wildman–Crippen LogP) is 1.93. The summed E-state index contributed by atoms with van der Waals surface area (Å²) >= 11 is 0. The molecule has 2 aromatic rings. The van der Waals surface area contributed by atoms with Crippen molar-refractivity contribution in [2.45, 2.75) is 13.5 Å². The molecule has 1 aromatic carbocycles. The van der Waals surface area contributed by atoms with Crippen LogP contribution in [0.2, 0.25) is 0 Å². The second-order valence-electron chi connectivity index (χ2n) is 3.90. The Balaban J connectivity index is 2.03. The number of hydrogen-bond acceptors (Lipinski definition) is 4. The van der Waals surface area contributed by atoms with E-state index in [4.69, 9.17) is 9.52 Å². The van der Waals surface area contributed by atoms with Crippen LogP contribution in [0.15, 0.2) is 34.7 Å². The van der Waals surface area contributed by atoms with E-state index in [-0.39, 0.29) is 23.6 Å². The molecule has 0 spiro atoms. The molecule has 0 saturated carbocycles. The van der Waals surface area contributed by atoms with E-state index in [0.717, 1.165) is 11.8 Å². The Morgan fingerprint density at radius 2 is 2.06 bits per heavy atom. The molecule has 94 valence electrons. The number of rotatable bonds is 3. The molecule has 0 unspecified atom stereocenters. The summed E-state index contributed by atoms with van der Waals surface area (Å²) in [6, 6.07) is 7.39. The highest BCUT2D eigenvalue weighted by atomic mass is 16.3. The molecule has 0 saturated heterocycles. The molecule has 1 heterocycles. The number of hydrogen-bond donors (Lipinski definition) is 3. The Bertz CT molecular complexity index is 574. The van der Waals surface area contributed by atoms with E-state index in [1.165, 1.54) is 12.1 Å². The van der Waals surface area contributed by atoms with Crippen LogP contribution >= 0.6 is 0 Å². The minimum Gasteiger partial charge on any atom is -0.508 e. The third kappa shape index (κ3) is 2.63. The van der Waals surface area contributed by atoms with Gasteiger partial charge in [0.2, 0.25) is 0 Å². The fourth-order valence-corrected chi connectivity index (χ4v) is 1.55. The summed E-state index contributed by atoms with van der Waals surface area (Å²) in [6.45, 7) is 2.06. The Morgan fingerprint density at radius 1 is 1.28 bits per heavy atom. The number of aryl methyl sites for hydroxylation is 1. The number of benzene rings is 1. The highest BCUT2D eigenvalue weighted by Crippen LogP contribution is 2.22. The molecule has 0 bridgehead atoms. The Kier molecular flexibility index (Phi) is 3.23. The lowest BCUT2D eigenvalue weighted by Gasteiger charge is -2.05. The molecular weight excluding hydrogens is 234 g/mol. The van der Waals surface area contributed by atoms with Crippen LogP contribution in [0, 0.1) is 6.92 Å². The van der Waals surface area contributed by atoms with Crippen LogP contribution in [-0.2, 0) is 6.54 Å². The van der Waals surface area contributed by atoms with Crippen molar-refractivity contribution in [3.05, 3.63) is 47.4 Å². The van der Waals surface area contributed by atoms with Crippen molar-refractivity contribution in [1.29, 1.82) is 0 Å². The lowest BCUT2D eigenvalue weighted by Crippen LogP contribution is -2.22. The van der Waals surface area contributed by atoms with Crippen molar-refractivity contribution < 1.29 is 19.4 Å². The first-order valence-electron chi connectivity index (χ1n) is 5.42. The summed E-state index contributed by atoms with van der Waals surface area (Å²) < 4.78 is 5.30. The van der Waals surface area contributed by atoms with E-state index >= 15 is 0 Å². The van der Waals surface area contributed by atoms with Crippen LogP contribution in [0.3, 0.4) is 0 Å². The van der Waals surface area contributed by atoms with Gasteiger partial charge in [-0.25, -0.2) is 0 Å². The number of amides is 1. The Morgan fingerprint density at radius 3 is 2.67 bits per heavy atom. The highest BCUT2D eigenvalue weighted by molar-refractivity contribution is 5.96. The molecule has 0 aliphatic rings. The van der Waals surface area contributed by atoms with E-state index < -0.39 is 5.91 Å². The minimum absolute atomic E-state index is 0.0919. The van der Waals surface area contributed by atoms with Crippen molar-refractivity contribution in [2.24, 2.45) is 0 Å². The second kappa shape index (κ2) is 4.83. The number of carbonyl (C=O) groups is 1. The Labute approximate surface area is 104 Å². The topological polar surface area (TPSA) is 82.7 Å². The molecule has 5 nitrogen and oxygen atoms in total. The second-order valence-corrected chi connectivity index (χ2v) is 3.90. The van der Waals surface area contributed by atoms with Crippen LogP contribution in [0.1, 0.15) is 21.9 Å². The number of phenols is 2. The molecule has 1 amide bonds. The molecule has 0 fully saturated rings. The SMILES string of the molecule is Cc1ccc(CNC(=O)c2ccc(O)cc2O)o1. The van der Waals surface area contributed by atoms with Gasteiger partial charge in [0.05, 0.1) is 12.1 Å². The number of furan rings is 1. The van der Waals surface area contributed by atoms with E-state index in [9.17, 15) is 9.90 Å². The van der Waals surface area contributed by atoms with Gasteiger partial charge < -0.3 is 19.9 Å². The average molecular weight is 247 g/mol. The maximum Gasteiger partial charge on any atom is 0.255 e. The van der Waals surface area contributed by atoms with Gasteiger partial charge in [-0.15, -0.1) is 0 Å². The molecule has 0 aliphatic carbocycles. The number of carbonyl (C=O) groups excluding carboxylic acids is 1. The van der Waals surface area contributed by atoms with Gasteiger partial charge in [-0.05, 0) is 31.2 Å². The molecular formula is C13H13NO4. The first-order valence-corrected chi connectivity index (χ1v) is 5.42. The summed E-state index contributed by atoms with van der Waals surface area (Å²) in [5.74, 6) is 0.626. The van der Waals surface area contributed by atoms with Crippen molar-refractivity contribution in [3.8, 4) is 11.5 Å². The predicted molar refractivity (Wildman–Crippen MR) is 64.4 cm³/mol. The quantitative estimate of drug-likeness (QED) is 0.774. The summed E-state index contributed by atoms with van der Waals surface area (Å²) in [5, 5.41) is 21.3. The molecule has 0 aliphatic heterocycles. The lowest BCUT2D eigenvalue weighted by molar-refractivity contribution is 0.0945. The first-order chi connectivity index (χ1) is 8.56. The fourth-order valence-electron chi connectivity index (χ4n) is 1.55.